The van der Waals surface area contributed by atoms with Crippen LogP contribution in [0, 0.1) is 0 Å². The number of allylic oxidation sites excluding steroid dienone is 1. The number of carbonyl (C=O) groups excluding carboxylic acids is 1. The molecule has 0 atom stereocenters. The van der Waals surface area contributed by atoms with Gasteiger partial charge in [0, 0.05) is 9.38 Å². The Bertz CT molecular complexity index is 424. The van der Waals surface area contributed by atoms with Gasteiger partial charge >= 0.3 is 0 Å². The Labute approximate surface area is 94.9 Å². The first kappa shape index (κ1) is 9.80. The Kier molecular flexibility index (Phi) is 2.65. The smallest absolute Gasteiger partial charge is 0.263 e. The number of halogens is 1. The molecule has 1 amide bonds. The Morgan fingerprint density at radius 3 is 2.86 bits per heavy atom. The molecule has 1 aromatic rings. The highest BCUT2D eigenvalue weighted by Crippen LogP contribution is 2.39. The molecule has 0 unspecified atom stereocenters. The minimum absolute atomic E-state index is 0.0388. The Morgan fingerprint density at radius 1 is 1.43 bits per heavy atom. The number of rotatable bonds is 0. The first-order valence-corrected chi connectivity index (χ1v) is 5.74. The van der Waals surface area contributed by atoms with E-state index in [1.807, 2.05) is 31.2 Å². The van der Waals surface area contributed by atoms with Gasteiger partial charge < -0.3 is 5.32 Å². The second kappa shape index (κ2) is 3.79. The highest BCUT2D eigenvalue weighted by molar-refractivity contribution is 9.11. The lowest BCUT2D eigenvalue weighted by atomic mass is 10.3. The van der Waals surface area contributed by atoms with Crippen molar-refractivity contribution in [2.24, 2.45) is 0 Å². The molecule has 0 aromatic heterocycles. The van der Waals surface area contributed by atoms with Gasteiger partial charge in [0.2, 0.25) is 0 Å². The van der Waals surface area contributed by atoms with Gasteiger partial charge in [-0.1, -0.05) is 39.8 Å². The van der Waals surface area contributed by atoms with E-state index in [1.54, 1.807) is 0 Å². The fourth-order valence-electron chi connectivity index (χ4n) is 1.22. The molecule has 0 aliphatic carbocycles. The number of para-hydroxylation sites is 1. The van der Waals surface area contributed by atoms with E-state index in [9.17, 15) is 4.79 Å². The molecule has 0 spiro atoms. The zero-order valence-electron chi connectivity index (χ0n) is 7.50. The highest BCUT2D eigenvalue weighted by Gasteiger charge is 2.21. The molecule has 4 heteroatoms. The third-order valence-corrected chi connectivity index (χ3v) is 3.80. The maximum atomic E-state index is 11.6. The Balaban J connectivity index is 2.46. The second-order valence-electron chi connectivity index (χ2n) is 2.91. The minimum atomic E-state index is -0.0388. The highest BCUT2D eigenvalue weighted by atomic mass is 79.9. The second-order valence-corrected chi connectivity index (χ2v) is 5.16. The van der Waals surface area contributed by atoms with Crippen LogP contribution in [0.2, 0.25) is 0 Å². The van der Waals surface area contributed by atoms with Crippen LogP contribution in [0.3, 0.4) is 0 Å². The van der Waals surface area contributed by atoms with E-state index in [-0.39, 0.29) is 5.91 Å². The van der Waals surface area contributed by atoms with Crippen molar-refractivity contribution in [1.29, 1.82) is 0 Å². The van der Waals surface area contributed by atoms with Gasteiger partial charge in [-0.15, -0.1) is 0 Å². The number of benzene rings is 1. The topological polar surface area (TPSA) is 29.1 Å². The van der Waals surface area contributed by atoms with E-state index in [2.05, 4.69) is 21.2 Å². The number of fused-ring (bicyclic) bond motifs is 1. The molecule has 2 nitrogen and oxygen atoms in total. The molecule has 14 heavy (non-hydrogen) atoms. The summed E-state index contributed by atoms with van der Waals surface area (Å²) >= 11 is 4.82. The molecule has 1 aliphatic heterocycles. The summed E-state index contributed by atoms with van der Waals surface area (Å²) in [4.78, 5) is 13.4. The van der Waals surface area contributed by atoms with Crippen LogP contribution in [0.4, 0.5) is 5.69 Å². The monoisotopic (exact) mass is 269 g/mol. The molecule has 0 fully saturated rings. The number of thioether (sulfide) groups is 1. The van der Waals surface area contributed by atoms with Crippen molar-refractivity contribution in [2.75, 3.05) is 5.32 Å². The molecule has 1 aliphatic rings. The maximum Gasteiger partial charge on any atom is 0.263 e. The van der Waals surface area contributed by atoms with Gasteiger partial charge in [-0.05, 0) is 19.1 Å². The standard InChI is InChI=1S/C10H8BrNOS/c1-6(11)9-10(13)12-7-4-2-3-5-8(7)14-9/h2-5H,1H3,(H,12,13). The third-order valence-electron chi connectivity index (χ3n) is 1.87. The van der Waals surface area contributed by atoms with Gasteiger partial charge in [-0.3, -0.25) is 4.79 Å². The number of nitrogens with one attached hydrogen (secondary N) is 1. The van der Waals surface area contributed by atoms with E-state index >= 15 is 0 Å². The van der Waals surface area contributed by atoms with Crippen molar-refractivity contribution in [2.45, 2.75) is 11.8 Å². The molecule has 1 aromatic carbocycles. The maximum absolute atomic E-state index is 11.6. The molecule has 72 valence electrons. The van der Waals surface area contributed by atoms with Crippen LogP contribution in [0.5, 0.6) is 0 Å². The van der Waals surface area contributed by atoms with Crippen molar-refractivity contribution in [3.63, 3.8) is 0 Å². The molecular formula is C10H8BrNOS. The summed E-state index contributed by atoms with van der Waals surface area (Å²) in [6, 6.07) is 7.77. The van der Waals surface area contributed by atoms with Crippen LogP contribution in [0.15, 0.2) is 38.5 Å². The lowest BCUT2D eigenvalue weighted by Gasteiger charge is -2.18. The van der Waals surface area contributed by atoms with Crippen LogP contribution >= 0.6 is 27.7 Å². The van der Waals surface area contributed by atoms with Crippen molar-refractivity contribution < 1.29 is 4.79 Å². The summed E-state index contributed by atoms with van der Waals surface area (Å²) in [6.07, 6.45) is 0. The van der Waals surface area contributed by atoms with Gasteiger partial charge in [0.1, 0.15) is 0 Å². The van der Waals surface area contributed by atoms with Gasteiger partial charge in [0.15, 0.2) is 0 Å². The molecule has 0 saturated carbocycles. The quantitative estimate of drug-likeness (QED) is 0.732. The van der Waals surface area contributed by atoms with Gasteiger partial charge in [0.05, 0.1) is 10.6 Å². The number of anilines is 1. The molecule has 0 saturated heterocycles. The van der Waals surface area contributed by atoms with Gasteiger partial charge in [0.25, 0.3) is 5.91 Å². The van der Waals surface area contributed by atoms with Crippen molar-refractivity contribution in [3.05, 3.63) is 33.7 Å². The first-order valence-electron chi connectivity index (χ1n) is 4.13. The molecule has 0 radical (unpaired) electrons. The number of hydrogen-bond acceptors (Lipinski definition) is 2. The molecule has 1 N–H and O–H groups in total. The Hall–Kier alpha value is -0.740. The molecule has 0 bridgehead atoms. The average molecular weight is 270 g/mol. The first-order chi connectivity index (χ1) is 6.68. The predicted octanol–water partition coefficient (Wildman–Crippen LogP) is 3.36. The van der Waals surface area contributed by atoms with E-state index in [4.69, 9.17) is 0 Å². The minimum Gasteiger partial charge on any atom is -0.320 e. The van der Waals surface area contributed by atoms with E-state index in [1.165, 1.54) is 11.8 Å². The summed E-state index contributed by atoms with van der Waals surface area (Å²) < 4.78 is 0.870. The molecule has 2 rings (SSSR count). The van der Waals surface area contributed by atoms with Crippen molar-refractivity contribution >= 4 is 39.3 Å². The average Bonchev–Trinajstić information content (AvgIpc) is 2.16. The predicted molar refractivity (Wildman–Crippen MR) is 62.6 cm³/mol. The number of hydrogen-bond donors (Lipinski definition) is 1. The van der Waals surface area contributed by atoms with Crippen LogP contribution < -0.4 is 5.32 Å². The fraction of sp³-hybridized carbons (Fsp3) is 0.100. The molecular weight excluding hydrogens is 262 g/mol. The molecule has 1 heterocycles. The van der Waals surface area contributed by atoms with E-state index in [0.29, 0.717) is 0 Å². The van der Waals surface area contributed by atoms with Crippen LogP contribution in [0.1, 0.15) is 6.92 Å². The van der Waals surface area contributed by atoms with E-state index < -0.39 is 0 Å². The normalized spacial score (nSPS) is 18.6. The summed E-state index contributed by atoms with van der Waals surface area (Å²) in [6.45, 7) is 1.87. The zero-order valence-corrected chi connectivity index (χ0v) is 9.91. The van der Waals surface area contributed by atoms with Crippen LogP contribution in [-0.2, 0) is 4.79 Å². The fourth-order valence-corrected chi connectivity index (χ4v) is 2.52. The van der Waals surface area contributed by atoms with Crippen LogP contribution in [0.25, 0.3) is 0 Å². The van der Waals surface area contributed by atoms with Crippen molar-refractivity contribution in [1.82, 2.24) is 0 Å². The largest absolute Gasteiger partial charge is 0.320 e. The van der Waals surface area contributed by atoms with Gasteiger partial charge in [-0.2, -0.15) is 0 Å². The number of carbonyl (C=O) groups is 1. The van der Waals surface area contributed by atoms with Crippen LogP contribution in [-0.4, -0.2) is 5.91 Å². The summed E-state index contributed by atoms with van der Waals surface area (Å²) in [5.41, 5.74) is 0.889. The van der Waals surface area contributed by atoms with Crippen molar-refractivity contribution in [3.8, 4) is 0 Å². The zero-order chi connectivity index (χ0) is 10.1. The SMILES string of the molecule is CC(Br)=C1Sc2ccccc2NC1=O. The Morgan fingerprint density at radius 2 is 2.14 bits per heavy atom. The van der Waals surface area contributed by atoms with Gasteiger partial charge in [-0.25, -0.2) is 0 Å². The summed E-state index contributed by atoms with van der Waals surface area (Å²) in [5, 5.41) is 2.84. The lowest BCUT2D eigenvalue weighted by molar-refractivity contribution is -0.112. The number of amides is 1. The summed E-state index contributed by atoms with van der Waals surface area (Å²) in [7, 11) is 0. The third kappa shape index (κ3) is 1.72. The van der Waals surface area contributed by atoms with E-state index in [0.717, 1.165) is 20.0 Å². The lowest BCUT2D eigenvalue weighted by Crippen LogP contribution is -2.17. The summed E-state index contributed by atoms with van der Waals surface area (Å²) in [5.74, 6) is -0.0388.